The van der Waals surface area contributed by atoms with Crippen LogP contribution in [-0.2, 0) is 29.0 Å². The molecule has 0 unspecified atom stereocenters. The Bertz CT molecular complexity index is 1280. The molecule has 9 nitrogen and oxygen atoms in total. The number of carbonyl (C=O) groups is 2. The summed E-state index contributed by atoms with van der Waals surface area (Å²) in [6.45, 7) is 9.21. The molecular formula is C29H39N5O4. The molecule has 1 atom stereocenters. The zero-order chi connectivity index (χ0) is 27.7. The molecule has 204 valence electrons. The molecule has 2 amide bonds. The highest BCUT2D eigenvalue weighted by Crippen LogP contribution is 2.38. The van der Waals surface area contributed by atoms with Gasteiger partial charge in [-0.25, -0.2) is 0 Å². The second-order valence-electron chi connectivity index (χ2n) is 9.02. The van der Waals surface area contributed by atoms with Crippen molar-refractivity contribution in [3.8, 4) is 11.5 Å². The van der Waals surface area contributed by atoms with Crippen molar-refractivity contribution in [2.75, 3.05) is 18.5 Å². The number of hydrogen-bond donors (Lipinski definition) is 4. The van der Waals surface area contributed by atoms with E-state index in [0.29, 0.717) is 48.8 Å². The van der Waals surface area contributed by atoms with Gasteiger partial charge >= 0.3 is 0 Å². The number of pyridine rings is 1. The van der Waals surface area contributed by atoms with Gasteiger partial charge in [0.05, 0.1) is 36.9 Å². The summed E-state index contributed by atoms with van der Waals surface area (Å²) in [4.78, 5) is 28.9. The van der Waals surface area contributed by atoms with Gasteiger partial charge in [0.15, 0.2) is 11.5 Å². The molecule has 0 saturated heterocycles. The lowest BCUT2D eigenvalue weighted by Crippen LogP contribution is -2.40. The topological polar surface area (TPSA) is 142 Å². The Labute approximate surface area is 224 Å². The number of fused-ring (bicyclic) bond motifs is 1. The van der Waals surface area contributed by atoms with Crippen LogP contribution in [0.5, 0.6) is 11.5 Å². The van der Waals surface area contributed by atoms with Gasteiger partial charge < -0.3 is 31.6 Å². The van der Waals surface area contributed by atoms with E-state index in [1.54, 1.807) is 6.20 Å². The number of benzene rings is 2. The van der Waals surface area contributed by atoms with E-state index < -0.39 is 11.9 Å². The number of rotatable bonds is 14. The number of nitrogens with zero attached hydrogens (tertiary/aromatic N) is 1. The highest BCUT2D eigenvalue weighted by atomic mass is 16.5. The van der Waals surface area contributed by atoms with Crippen LogP contribution in [0.2, 0.25) is 0 Å². The fraction of sp³-hybridized carbons (Fsp3) is 0.414. The van der Waals surface area contributed by atoms with Gasteiger partial charge in [0, 0.05) is 35.4 Å². The minimum absolute atomic E-state index is 0.0228. The quantitative estimate of drug-likeness (QED) is 0.250. The molecule has 0 aliphatic rings. The Hall–Kier alpha value is -3.85. The first kappa shape index (κ1) is 28.7. The summed E-state index contributed by atoms with van der Waals surface area (Å²) in [5.41, 5.74) is 16.5. The van der Waals surface area contributed by atoms with Crippen LogP contribution in [0.4, 0.5) is 11.4 Å². The maximum Gasteiger partial charge on any atom is 0.237 e. The summed E-state index contributed by atoms with van der Waals surface area (Å²) < 4.78 is 11.6. The van der Waals surface area contributed by atoms with Gasteiger partial charge in [-0.15, -0.1) is 0 Å². The van der Waals surface area contributed by atoms with E-state index in [1.165, 1.54) is 0 Å². The fourth-order valence-corrected chi connectivity index (χ4v) is 4.47. The number of carbonyl (C=O) groups excluding carboxylic acids is 2. The summed E-state index contributed by atoms with van der Waals surface area (Å²) in [5.74, 6) is 0.584. The first-order chi connectivity index (χ1) is 18.3. The monoisotopic (exact) mass is 521 g/mol. The maximum absolute atomic E-state index is 12.4. The van der Waals surface area contributed by atoms with E-state index in [0.717, 1.165) is 40.7 Å². The van der Waals surface area contributed by atoms with Crippen molar-refractivity contribution in [3.63, 3.8) is 0 Å². The summed E-state index contributed by atoms with van der Waals surface area (Å²) in [7, 11) is 0. The van der Waals surface area contributed by atoms with E-state index in [1.807, 2.05) is 51.1 Å². The lowest BCUT2D eigenvalue weighted by atomic mass is 10.0. The van der Waals surface area contributed by atoms with Crippen LogP contribution in [0.25, 0.3) is 10.9 Å². The van der Waals surface area contributed by atoms with Crippen LogP contribution >= 0.6 is 0 Å². The van der Waals surface area contributed by atoms with Crippen LogP contribution in [0.1, 0.15) is 57.2 Å². The molecule has 2 aromatic carbocycles. The normalized spacial score (nSPS) is 11.7. The molecular weight excluding hydrogens is 482 g/mol. The van der Waals surface area contributed by atoms with Crippen molar-refractivity contribution in [1.29, 1.82) is 0 Å². The first-order valence-corrected chi connectivity index (χ1v) is 13.2. The number of aromatic nitrogens is 1. The van der Waals surface area contributed by atoms with E-state index >= 15 is 0 Å². The summed E-state index contributed by atoms with van der Waals surface area (Å²) >= 11 is 0. The van der Waals surface area contributed by atoms with Gasteiger partial charge in [-0.3, -0.25) is 14.6 Å². The second kappa shape index (κ2) is 13.6. The van der Waals surface area contributed by atoms with E-state index in [4.69, 9.17) is 20.9 Å². The Morgan fingerprint density at radius 2 is 1.74 bits per heavy atom. The number of nitrogens with two attached hydrogens (primary N) is 2. The lowest BCUT2D eigenvalue weighted by Gasteiger charge is -2.20. The van der Waals surface area contributed by atoms with Gasteiger partial charge in [-0.2, -0.15) is 0 Å². The highest BCUT2D eigenvalue weighted by Gasteiger charge is 2.18. The zero-order valence-electron chi connectivity index (χ0n) is 22.7. The second-order valence-corrected chi connectivity index (χ2v) is 9.02. The molecule has 0 aliphatic heterocycles. The van der Waals surface area contributed by atoms with Crippen molar-refractivity contribution in [2.45, 2.75) is 66.0 Å². The molecule has 0 aliphatic carbocycles. The molecule has 3 rings (SSSR count). The predicted molar refractivity (Wildman–Crippen MR) is 151 cm³/mol. The minimum atomic E-state index is -0.521. The third-order valence-corrected chi connectivity index (χ3v) is 6.25. The number of anilines is 2. The molecule has 3 aromatic rings. The Kier molecular flexibility index (Phi) is 10.3. The molecule has 38 heavy (non-hydrogen) atoms. The van der Waals surface area contributed by atoms with Crippen molar-refractivity contribution in [2.24, 2.45) is 11.5 Å². The Morgan fingerprint density at radius 3 is 2.37 bits per heavy atom. The molecule has 1 heterocycles. The van der Waals surface area contributed by atoms with E-state index in [9.17, 15) is 9.59 Å². The number of nitrogens with one attached hydrogen (secondary N) is 2. The fourth-order valence-electron chi connectivity index (χ4n) is 4.47. The van der Waals surface area contributed by atoms with Gasteiger partial charge in [0.1, 0.15) is 0 Å². The van der Waals surface area contributed by atoms with Gasteiger partial charge in [0.25, 0.3) is 0 Å². The van der Waals surface area contributed by atoms with Crippen molar-refractivity contribution < 1.29 is 19.1 Å². The van der Waals surface area contributed by atoms with Crippen molar-refractivity contribution in [1.82, 2.24) is 10.3 Å². The first-order valence-electron chi connectivity index (χ1n) is 13.2. The SMILES string of the molecule is CCC[C@H](N)C(=O)NCc1cccc(Nc2c(CC(N)=O)cnc3cc(OCC)c(OCC)cc23)c1CC. The largest absolute Gasteiger partial charge is 0.490 e. The Balaban J connectivity index is 2.06. The van der Waals surface area contributed by atoms with Gasteiger partial charge in [-0.1, -0.05) is 32.4 Å². The summed E-state index contributed by atoms with van der Waals surface area (Å²) in [6.07, 6.45) is 3.90. The van der Waals surface area contributed by atoms with Crippen LogP contribution in [-0.4, -0.2) is 36.1 Å². The molecule has 6 N–H and O–H groups in total. The molecule has 0 saturated carbocycles. The molecule has 0 radical (unpaired) electrons. The molecule has 0 bridgehead atoms. The number of ether oxygens (including phenoxy) is 2. The molecule has 1 aromatic heterocycles. The number of hydrogen-bond acceptors (Lipinski definition) is 7. The summed E-state index contributed by atoms with van der Waals surface area (Å²) in [6, 6.07) is 9.11. The van der Waals surface area contributed by atoms with Gasteiger partial charge in [0.2, 0.25) is 11.8 Å². The highest BCUT2D eigenvalue weighted by molar-refractivity contribution is 5.98. The molecule has 9 heteroatoms. The van der Waals surface area contributed by atoms with E-state index in [2.05, 4.69) is 22.5 Å². The molecule has 0 fully saturated rings. The van der Waals surface area contributed by atoms with Crippen LogP contribution in [0, 0.1) is 0 Å². The maximum atomic E-state index is 12.4. The standard InChI is InChI=1S/C29H39N5O4/c1-5-10-22(30)29(36)33-16-18-11-9-12-23(20(18)6-2)34-28-19(13-27(31)35)17-32-24-15-26(38-8-4)25(37-7-3)14-21(24)28/h9,11-12,14-15,17,22H,5-8,10,13,16,30H2,1-4H3,(H2,31,35)(H,32,34)(H,33,36)/t22-/m0/s1. The van der Waals surface area contributed by atoms with Crippen LogP contribution in [0.3, 0.4) is 0 Å². The third-order valence-electron chi connectivity index (χ3n) is 6.25. The number of amides is 2. The average Bonchev–Trinajstić information content (AvgIpc) is 2.89. The van der Waals surface area contributed by atoms with Crippen LogP contribution < -0.4 is 31.6 Å². The van der Waals surface area contributed by atoms with Crippen LogP contribution in [0.15, 0.2) is 36.5 Å². The predicted octanol–water partition coefficient (Wildman–Crippen LogP) is 4.11. The van der Waals surface area contributed by atoms with Gasteiger partial charge in [-0.05, 0) is 49.9 Å². The smallest absolute Gasteiger partial charge is 0.237 e. The summed E-state index contributed by atoms with van der Waals surface area (Å²) in [5, 5.41) is 7.29. The number of primary amides is 1. The molecule has 0 spiro atoms. The average molecular weight is 522 g/mol. The van der Waals surface area contributed by atoms with E-state index in [-0.39, 0.29) is 12.3 Å². The zero-order valence-corrected chi connectivity index (χ0v) is 22.7. The minimum Gasteiger partial charge on any atom is -0.490 e. The third kappa shape index (κ3) is 6.92. The van der Waals surface area contributed by atoms with Crippen molar-refractivity contribution >= 4 is 34.1 Å². The van der Waals surface area contributed by atoms with Crippen molar-refractivity contribution in [3.05, 3.63) is 53.2 Å². The Morgan fingerprint density at radius 1 is 1.03 bits per heavy atom. The lowest BCUT2D eigenvalue weighted by molar-refractivity contribution is -0.122.